The average Bonchev–Trinajstić information content (AvgIpc) is 2.80. The van der Waals surface area contributed by atoms with E-state index in [2.05, 4.69) is 64.2 Å². The van der Waals surface area contributed by atoms with E-state index in [1.54, 1.807) is 0 Å². The molecule has 1 amide bonds. The van der Waals surface area contributed by atoms with E-state index in [9.17, 15) is 4.79 Å². The van der Waals surface area contributed by atoms with E-state index < -0.39 is 0 Å². The number of carbonyl (C=O) groups is 1. The number of hydrogen-bond acceptors (Lipinski definition) is 2. The number of fused-ring (bicyclic) bond motifs is 1. The average molecular weight is 347 g/mol. The molecule has 4 rings (SSSR count). The molecule has 4 heteroatoms. The summed E-state index contributed by atoms with van der Waals surface area (Å²) < 4.78 is 2.11. The van der Waals surface area contributed by atoms with Crippen LogP contribution in [-0.2, 0) is 26.4 Å². The lowest BCUT2D eigenvalue weighted by Gasteiger charge is -2.26. The Balaban J connectivity index is 1.43. The number of nitrogens with zero attached hydrogens (tertiary/aromatic N) is 2. The summed E-state index contributed by atoms with van der Waals surface area (Å²) >= 11 is 0. The number of nitrogens with one attached hydrogen (secondary N) is 1. The van der Waals surface area contributed by atoms with Gasteiger partial charge in [0.1, 0.15) is 0 Å². The van der Waals surface area contributed by atoms with Crippen LogP contribution in [0.4, 0.5) is 0 Å². The summed E-state index contributed by atoms with van der Waals surface area (Å²) in [6.07, 6.45) is 8.44. The van der Waals surface area contributed by atoms with E-state index >= 15 is 0 Å². The van der Waals surface area contributed by atoms with Crippen molar-refractivity contribution in [2.45, 2.75) is 26.3 Å². The van der Waals surface area contributed by atoms with Gasteiger partial charge in [-0.05, 0) is 67.3 Å². The highest BCUT2D eigenvalue weighted by Crippen LogP contribution is 2.22. The van der Waals surface area contributed by atoms with Crippen molar-refractivity contribution in [1.29, 1.82) is 0 Å². The molecule has 0 saturated carbocycles. The Bertz CT molecular complexity index is 904. The second-order valence-corrected chi connectivity index (χ2v) is 7.13. The first-order valence-electron chi connectivity index (χ1n) is 9.26. The first kappa shape index (κ1) is 16.7. The summed E-state index contributed by atoms with van der Waals surface area (Å²) in [6.45, 7) is 4.67. The van der Waals surface area contributed by atoms with Crippen LogP contribution in [0.25, 0.3) is 0 Å². The van der Waals surface area contributed by atoms with Gasteiger partial charge in [-0.2, -0.15) is 0 Å². The molecule has 0 atom stereocenters. The van der Waals surface area contributed by atoms with Crippen LogP contribution in [0.2, 0.25) is 0 Å². The molecule has 2 aromatic rings. The van der Waals surface area contributed by atoms with E-state index in [-0.39, 0.29) is 5.91 Å². The molecule has 0 radical (unpaired) electrons. The molecule has 4 nitrogen and oxygen atoms in total. The topological polar surface area (TPSA) is 37.3 Å². The van der Waals surface area contributed by atoms with Gasteiger partial charge in [0.2, 0.25) is 0 Å². The van der Waals surface area contributed by atoms with Crippen molar-refractivity contribution in [1.82, 2.24) is 14.8 Å². The molecule has 2 aliphatic rings. The van der Waals surface area contributed by atoms with Crippen LogP contribution < -0.4 is 5.32 Å². The van der Waals surface area contributed by atoms with E-state index in [0.29, 0.717) is 6.54 Å². The van der Waals surface area contributed by atoms with Gasteiger partial charge in [0.05, 0.1) is 6.54 Å². The zero-order valence-corrected chi connectivity index (χ0v) is 15.5. The van der Waals surface area contributed by atoms with Gasteiger partial charge in [0, 0.05) is 42.8 Å². The fourth-order valence-corrected chi connectivity index (χ4v) is 3.64. The van der Waals surface area contributed by atoms with Crippen LogP contribution in [-0.4, -0.2) is 28.5 Å². The Morgan fingerprint density at radius 1 is 1.12 bits per heavy atom. The van der Waals surface area contributed by atoms with Crippen molar-refractivity contribution in [3.05, 3.63) is 82.3 Å². The third kappa shape index (κ3) is 3.19. The summed E-state index contributed by atoms with van der Waals surface area (Å²) in [5.41, 5.74) is 7.06. The molecule has 0 fully saturated rings. The normalized spacial score (nSPS) is 15.8. The fourth-order valence-electron chi connectivity index (χ4n) is 3.64. The fraction of sp³-hybridized carbons (Fsp3) is 0.318. The SMILES string of the molecule is Cc1ccc(CNC(=O)c2ccc3c(c2)CCN(C2=CC=C2)CC3)n1C. The Morgan fingerprint density at radius 2 is 1.88 bits per heavy atom. The predicted octanol–water partition coefficient (Wildman–Crippen LogP) is 3.12. The molecule has 1 aliphatic carbocycles. The van der Waals surface area contributed by atoms with E-state index in [0.717, 1.165) is 37.2 Å². The number of aromatic nitrogens is 1. The number of amides is 1. The smallest absolute Gasteiger partial charge is 0.251 e. The number of benzene rings is 1. The minimum absolute atomic E-state index is 0.00242. The highest BCUT2D eigenvalue weighted by atomic mass is 16.1. The van der Waals surface area contributed by atoms with Gasteiger partial charge in [-0.15, -0.1) is 0 Å². The number of hydrogen-bond donors (Lipinski definition) is 1. The number of aryl methyl sites for hydroxylation is 1. The second-order valence-electron chi connectivity index (χ2n) is 7.13. The van der Waals surface area contributed by atoms with Gasteiger partial charge in [0.25, 0.3) is 5.91 Å². The summed E-state index contributed by atoms with van der Waals surface area (Å²) in [5, 5.41) is 3.05. The highest BCUT2D eigenvalue weighted by Gasteiger charge is 2.18. The Kier molecular flexibility index (Phi) is 4.41. The maximum Gasteiger partial charge on any atom is 0.251 e. The van der Waals surface area contributed by atoms with E-state index in [4.69, 9.17) is 0 Å². The predicted molar refractivity (Wildman–Crippen MR) is 104 cm³/mol. The van der Waals surface area contributed by atoms with Crippen molar-refractivity contribution in [2.24, 2.45) is 7.05 Å². The zero-order chi connectivity index (χ0) is 18.1. The Labute approximate surface area is 154 Å². The van der Waals surface area contributed by atoms with E-state index in [1.807, 2.05) is 13.1 Å². The molecule has 1 aliphatic heterocycles. The Hall–Kier alpha value is -2.75. The van der Waals surface area contributed by atoms with Crippen LogP contribution in [0.15, 0.2) is 54.3 Å². The molecule has 0 saturated heterocycles. The lowest BCUT2D eigenvalue weighted by atomic mass is 10.00. The molecule has 26 heavy (non-hydrogen) atoms. The largest absolute Gasteiger partial charge is 0.371 e. The van der Waals surface area contributed by atoms with Gasteiger partial charge in [0.15, 0.2) is 0 Å². The van der Waals surface area contributed by atoms with Crippen molar-refractivity contribution >= 4 is 5.91 Å². The van der Waals surface area contributed by atoms with Crippen LogP contribution in [0.3, 0.4) is 0 Å². The van der Waals surface area contributed by atoms with E-state index in [1.165, 1.54) is 22.5 Å². The first-order valence-corrected chi connectivity index (χ1v) is 9.26. The standard InChI is InChI=1S/C22H25N3O/c1-16-6-9-21(24(16)2)15-23-22(26)19-8-7-17-10-12-25(20-4-3-5-20)13-11-18(17)14-19/h3-9,14H,10-13,15H2,1-2H3,(H,23,26). The molecular weight excluding hydrogens is 322 g/mol. The molecule has 1 aromatic heterocycles. The summed E-state index contributed by atoms with van der Waals surface area (Å²) in [5.74, 6) is -0.00242. The minimum atomic E-state index is -0.00242. The summed E-state index contributed by atoms with van der Waals surface area (Å²) in [7, 11) is 2.03. The first-order chi connectivity index (χ1) is 12.6. The van der Waals surface area contributed by atoms with Crippen LogP contribution in [0.1, 0.15) is 32.9 Å². The Morgan fingerprint density at radius 3 is 2.54 bits per heavy atom. The van der Waals surface area contributed by atoms with Crippen molar-refractivity contribution in [3.63, 3.8) is 0 Å². The molecule has 2 heterocycles. The van der Waals surface area contributed by atoms with Crippen molar-refractivity contribution in [3.8, 4) is 0 Å². The van der Waals surface area contributed by atoms with Gasteiger partial charge in [-0.25, -0.2) is 0 Å². The van der Waals surface area contributed by atoms with Crippen molar-refractivity contribution in [2.75, 3.05) is 13.1 Å². The quantitative estimate of drug-likeness (QED) is 0.923. The lowest BCUT2D eigenvalue weighted by molar-refractivity contribution is 0.0950. The molecule has 0 bridgehead atoms. The second kappa shape index (κ2) is 6.87. The molecule has 134 valence electrons. The van der Waals surface area contributed by atoms with Crippen molar-refractivity contribution < 1.29 is 4.79 Å². The third-order valence-corrected chi connectivity index (χ3v) is 5.58. The van der Waals surface area contributed by atoms with Crippen LogP contribution in [0, 0.1) is 6.92 Å². The number of carbonyl (C=O) groups excluding carboxylic acids is 1. The van der Waals surface area contributed by atoms with Gasteiger partial charge >= 0.3 is 0 Å². The molecule has 0 spiro atoms. The molecule has 0 unspecified atom stereocenters. The highest BCUT2D eigenvalue weighted by molar-refractivity contribution is 5.94. The van der Waals surface area contributed by atoms with Crippen LogP contribution >= 0.6 is 0 Å². The molecule has 1 N–H and O–H groups in total. The van der Waals surface area contributed by atoms with Crippen LogP contribution in [0.5, 0.6) is 0 Å². The van der Waals surface area contributed by atoms with Gasteiger partial charge in [-0.3, -0.25) is 4.79 Å². The maximum absolute atomic E-state index is 12.6. The maximum atomic E-state index is 12.6. The monoisotopic (exact) mass is 347 g/mol. The number of rotatable bonds is 4. The third-order valence-electron chi connectivity index (χ3n) is 5.58. The summed E-state index contributed by atoms with van der Waals surface area (Å²) in [6, 6.07) is 10.3. The van der Waals surface area contributed by atoms with Gasteiger partial charge in [-0.1, -0.05) is 12.1 Å². The minimum Gasteiger partial charge on any atom is -0.371 e. The van der Waals surface area contributed by atoms with Gasteiger partial charge < -0.3 is 14.8 Å². The summed E-state index contributed by atoms with van der Waals surface area (Å²) in [4.78, 5) is 15.0. The number of allylic oxidation sites excluding steroid dienone is 3. The zero-order valence-electron chi connectivity index (χ0n) is 15.5. The lowest BCUT2D eigenvalue weighted by Crippen LogP contribution is -2.26. The molecular formula is C22H25N3O. The molecule has 1 aromatic carbocycles.